The summed E-state index contributed by atoms with van der Waals surface area (Å²) >= 11 is 1.70. The molecule has 1 N–H and O–H groups in total. The number of carbonyl (C=O) groups excluding carboxylic acids is 1. The number of carbonyl (C=O) groups is 1. The number of aromatic nitrogens is 2. The van der Waals surface area contributed by atoms with E-state index in [1.807, 2.05) is 0 Å². The zero-order valence-corrected chi connectivity index (χ0v) is 13.5. The van der Waals surface area contributed by atoms with Crippen molar-refractivity contribution in [2.45, 2.75) is 38.6 Å². The van der Waals surface area contributed by atoms with Crippen LogP contribution in [0.2, 0.25) is 0 Å². The van der Waals surface area contributed by atoms with Gasteiger partial charge in [-0.05, 0) is 43.6 Å². The summed E-state index contributed by atoms with van der Waals surface area (Å²) in [5.74, 6) is 1.30. The van der Waals surface area contributed by atoms with Crippen LogP contribution in [-0.4, -0.2) is 35.0 Å². The van der Waals surface area contributed by atoms with Gasteiger partial charge >= 0.3 is 0 Å². The largest absolute Gasteiger partial charge is 0.355 e. The molecule has 2 fully saturated rings. The van der Waals surface area contributed by atoms with Crippen LogP contribution in [0.3, 0.4) is 0 Å². The lowest BCUT2D eigenvalue weighted by molar-refractivity contribution is -0.125. The molecule has 0 spiro atoms. The summed E-state index contributed by atoms with van der Waals surface area (Å²) in [6, 6.07) is 0.438. The summed E-state index contributed by atoms with van der Waals surface area (Å²) in [6.45, 7) is 3.82. The maximum atomic E-state index is 12.3. The Morgan fingerprint density at radius 1 is 1.36 bits per heavy atom. The van der Waals surface area contributed by atoms with E-state index in [0.717, 1.165) is 54.8 Å². The van der Waals surface area contributed by atoms with Crippen molar-refractivity contribution in [3.63, 3.8) is 0 Å². The molecular formula is C16H20N4OS. The fourth-order valence-corrected chi connectivity index (χ4v) is 4.13. The molecule has 1 atom stereocenters. The molecule has 0 bridgehead atoms. The third-order valence-electron chi connectivity index (χ3n) is 4.53. The number of thiophene rings is 1. The van der Waals surface area contributed by atoms with Crippen LogP contribution < -0.4 is 10.2 Å². The molecule has 6 heteroatoms. The van der Waals surface area contributed by atoms with E-state index in [4.69, 9.17) is 0 Å². The standard InChI is InChI=1S/C16H20N4OS/c1-10-8-22-14-13(10)17-9-18-15(14)20-6-2-3-11(7-20)16(21)19-12-4-5-12/h8-9,11-12H,2-7H2,1H3,(H,19,21). The molecule has 22 heavy (non-hydrogen) atoms. The molecular weight excluding hydrogens is 296 g/mol. The van der Waals surface area contributed by atoms with E-state index in [1.54, 1.807) is 17.7 Å². The highest BCUT2D eigenvalue weighted by Gasteiger charge is 2.31. The highest BCUT2D eigenvalue weighted by atomic mass is 32.1. The molecule has 116 valence electrons. The van der Waals surface area contributed by atoms with Crippen LogP contribution in [0.4, 0.5) is 5.82 Å². The number of rotatable bonds is 3. The number of hydrogen-bond donors (Lipinski definition) is 1. The van der Waals surface area contributed by atoms with Crippen LogP contribution in [0.25, 0.3) is 10.2 Å². The average molecular weight is 316 g/mol. The van der Waals surface area contributed by atoms with Crippen molar-refractivity contribution >= 4 is 33.3 Å². The zero-order chi connectivity index (χ0) is 15.1. The molecule has 4 rings (SSSR count). The van der Waals surface area contributed by atoms with Crippen LogP contribution >= 0.6 is 11.3 Å². The number of hydrogen-bond acceptors (Lipinski definition) is 5. The summed E-state index contributed by atoms with van der Waals surface area (Å²) in [4.78, 5) is 23.5. The lowest BCUT2D eigenvalue weighted by Crippen LogP contribution is -2.44. The Morgan fingerprint density at radius 2 is 2.23 bits per heavy atom. The number of nitrogens with zero attached hydrogens (tertiary/aromatic N) is 3. The van der Waals surface area contributed by atoms with Gasteiger partial charge in [-0.1, -0.05) is 0 Å². The number of piperidine rings is 1. The predicted octanol–water partition coefficient (Wildman–Crippen LogP) is 2.49. The second kappa shape index (κ2) is 5.50. The van der Waals surface area contributed by atoms with Crippen molar-refractivity contribution in [2.24, 2.45) is 5.92 Å². The number of fused-ring (bicyclic) bond motifs is 1. The first-order chi connectivity index (χ1) is 10.7. The van der Waals surface area contributed by atoms with Crippen LogP contribution in [0.1, 0.15) is 31.2 Å². The van der Waals surface area contributed by atoms with Gasteiger partial charge in [-0.3, -0.25) is 4.79 Å². The van der Waals surface area contributed by atoms with Gasteiger partial charge in [0.2, 0.25) is 5.91 Å². The highest BCUT2D eigenvalue weighted by Crippen LogP contribution is 2.33. The average Bonchev–Trinajstić information content (AvgIpc) is 3.28. The molecule has 1 saturated carbocycles. The number of amides is 1. The summed E-state index contributed by atoms with van der Waals surface area (Å²) in [6.07, 6.45) is 5.95. The van der Waals surface area contributed by atoms with Crippen LogP contribution in [-0.2, 0) is 4.79 Å². The molecule has 1 aliphatic heterocycles. The Hall–Kier alpha value is -1.69. The number of anilines is 1. The molecule has 1 aliphatic carbocycles. The van der Waals surface area contributed by atoms with Crippen molar-refractivity contribution in [3.05, 3.63) is 17.3 Å². The molecule has 1 unspecified atom stereocenters. The first-order valence-corrected chi connectivity index (χ1v) is 8.84. The minimum absolute atomic E-state index is 0.0837. The summed E-state index contributed by atoms with van der Waals surface area (Å²) in [5.41, 5.74) is 2.24. The minimum atomic E-state index is 0.0837. The van der Waals surface area contributed by atoms with Gasteiger partial charge in [-0.2, -0.15) is 0 Å². The Balaban J connectivity index is 1.56. The van der Waals surface area contributed by atoms with Gasteiger partial charge in [0.05, 0.1) is 16.1 Å². The van der Waals surface area contributed by atoms with E-state index in [-0.39, 0.29) is 11.8 Å². The summed E-state index contributed by atoms with van der Waals surface area (Å²) < 4.78 is 1.14. The van der Waals surface area contributed by atoms with Gasteiger partial charge in [0, 0.05) is 19.1 Å². The molecule has 2 aliphatic rings. The van der Waals surface area contributed by atoms with Gasteiger partial charge in [-0.25, -0.2) is 9.97 Å². The van der Waals surface area contributed by atoms with E-state index in [1.165, 1.54) is 5.56 Å². The van der Waals surface area contributed by atoms with Gasteiger partial charge < -0.3 is 10.2 Å². The van der Waals surface area contributed by atoms with Gasteiger partial charge in [0.25, 0.3) is 0 Å². The molecule has 2 aromatic rings. The number of aryl methyl sites for hydroxylation is 1. The Labute approximate surface area is 133 Å². The Morgan fingerprint density at radius 3 is 3.05 bits per heavy atom. The van der Waals surface area contributed by atoms with E-state index >= 15 is 0 Å². The van der Waals surface area contributed by atoms with E-state index in [0.29, 0.717) is 6.04 Å². The molecule has 3 heterocycles. The Kier molecular flexibility index (Phi) is 3.48. The SMILES string of the molecule is Cc1csc2c(N3CCCC(C(=O)NC4CC4)C3)ncnc12. The molecule has 1 amide bonds. The fraction of sp³-hybridized carbons (Fsp3) is 0.562. The first kappa shape index (κ1) is 13.9. The number of nitrogens with one attached hydrogen (secondary N) is 1. The summed E-state index contributed by atoms with van der Waals surface area (Å²) in [5, 5.41) is 5.27. The van der Waals surface area contributed by atoms with Crippen molar-refractivity contribution in [2.75, 3.05) is 18.0 Å². The van der Waals surface area contributed by atoms with E-state index < -0.39 is 0 Å². The van der Waals surface area contributed by atoms with Crippen molar-refractivity contribution in [1.29, 1.82) is 0 Å². The molecule has 5 nitrogen and oxygen atoms in total. The van der Waals surface area contributed by atoms with E-state index in [9.17, 15) is 4.79 Å². The molecule has 1 saturated heterocycles. The predicted molar refractivity (Wildman–Crippen MR) is 88.3 cm³/mol. The maximum Gasteiger partial charge on any atom is 0.225 e. The van der Waals surface area contributed by atoms with Gasteiger partial charge in [0.15, 0.2) is 0 Å². The lowest BCUT2D eigenvalue weighted by atomic mass is 9.97. The third-order valence-corrected chi connectivity index (χ3v) is 5.61. The first-order valence-electron chi connectivity index (χ1n) is 7.96. The second-order valence-corrected chi connectivity index (χ2v) is 7.24. The third kappa shape index (κ3) is 2.56. The fourth-order valence-electron chi connectivity index (χ4n) is 3.11. The minimum Gasteiger partial charge on any atom is -0.355 e. The van der Waals surface area contributed by atoms with Crippen LogP contribution in [0.15, 0.2) is 11.7 Å². The molecule has 2 aromatic heterocycles. The topological polar surface area (TPSA) is 58.1 Å². The monoisotopic (exact) mass is 316 g/mol. The van der Waals surface area contributed by atoms with Crippen molar-refractivity contribution < 1.29 is 4.79 Å². The van der Waals surface area contributed by atoms with Gasteiger partial charge in [0.1, 0.15) is 12.1 Å². The normalized spacial score (nSPS) is 22.0. The quantitative estimate of drug-likeness (QED) is 0.945. The van der Waals surface area contributed by atoms with E-state index in [2.05, 4.69) is 32.5 Å². The summed E-state index contributed by atoms with van der Waals surface area (Å²) in [7, 11) is 0. The smallest absolute Gasteiger partial charge is 0.225 e. The maximum absolute atomic E-state index is 12.3. The van der Waals surface area contributed by atoms with Crippen LogP contribution in [0, 0.1) is 12.8 Å². The second-order valence-electron chi connectivity index (χ2n) is 6.36. The van der Waals surface area contributed by atoms with Gasteiger partial charge in [-0.15, -0.1) is 11.3 Å². The van der Waals surface area contributed by atoms with Crippen LogP contribution in [0.5, 0.6) is 0 Å². The lowest BCUT2D eigenvalue weighted by Gasteiger charge is -2.33. The molecule has 0 radical (unpaired) electrons. The highest BCUT2D eigenvalue weighted by molar-refractivity contribution is 7.18. The zero-order valence-electron chi connectivity index (χ0n) is 12.7. The van der Waals surface area contributed by atoms with Crippen molar-refractivity contribution in [1.82, 2.24) is 15.3 Å². The van der Waals surface area contributed by atoms with Crippen molar-refractivity contribution in [3.8, 4) is 0 Å². The molecule has 0 aromatic carbocycles. The Bertz CT molecular complexity index is 709.